The highest BCUT2D eigenvalue weighted by Crippen LogP contribution is 2.28. The van der Waals surface area contributed by atoms with Gasteiger partial charge < -0.3 is 10.5 Å². The minimum atomic E-state index is -2.97. The van der Waals surface area contributed by atoms with E-state index < -0.39 is 9.84 Å². The highest BCUT2D eigenvalue weighted by Gasteiger charge is 2.11. The summed E-state index contributed by atoms with van der Waals surface area (Å²) in [6.07, 6.45) is 3.43. The molecule has 0 bridgehead atoms. The molecule has 0 saturated heterocycles. The molecule has 1 heterocycles. The average molecular weight is 291 g/mol. The number of nitrogens with zero attached hydrogens (tertiary/aromatic N) is 2. The molecule has 0 aliphatic carbocycles. The molecule has 102 valence electrons. The van der Waals surface area contributed by atoms with Crippen molar-refractivity contribution >= 4 is 27.3 Å². The Balaban J connectivity index is 2.66. The third kappa shape index (κ3) is 5.09. The molecule has 1 rings (SSSR count). The number of hydrogen-bond acceptors (Lipinski definition) is 7. The molecular weight excluding hydrogens is 274 g/mol. The van der Waals surface area contributed by atoms with Crippen LogP contribution in [0.3, 0.4) is 0 Å². The fourth-order valence-electron chi connectivity index (χ4n) is 1.08. The topological polar surface area (TPSA) is 95.2 Å². The van der Waals surface area contributed by atoms with E-state index in [0.29, 0.717) is 29.0 Å². The van der Waals surface area contributed by atoms with Crippen LogP contribution in [-0.2, 0) is 9.84 Å². The highest BCUT2D eigenvalue weighted by molar-refractivity contribution is 8.00. The lowest BCUT2D eigenvalue weighted by atomic mass is 10.5. The number of nitrogen functional groups attached to an aromatic ring is 1. The number of nitrogens with two attached hydrogens (primary N) is 1. The number of ether oxygens (including phenoxy) is 1. The first-order valence-corrected chi connectivity index (χ1v) is 8.52. The molecule has 0 amide bonds. The van der Waals surface area contributed by atoms with Gasteiger partial charge in [0.15, 0.2) is 0 Å². The summed E-state index contributed by atoms with van der Waals surface area (Å²) in [6, 6.07) is 0. The number of anilines is 1. The molecular formula is C10H17N3O3S2. The molecule has 0 fully saturated rings. The summed E-state index contributed by atoms with van der Waals surface area (Å²) in [5.41, 5.74) is 6.22. The molecule has 0 radical (unpaired) electrons. The first kappa shape index (κ1) is 15.0. The van der Waals surface area contributed by atoms with Crippen LogP contribution >= 0.6 is 11.8 Å². The van der Waals surface area contributed by atoms with Gasteiger partial charge in [-0.15, -0.1) is 11.8 Å². The van der Waals surface area contributed by atoms with Gasteiger partial charge in [-0.3, -0.25) is 0 Å². The van der Waals surface area contributed by atoms with Crippen LogP contribution in [0.1, 0.15) is 13.3 Å². The molecule has 2 N–H and O–H groups in total. The SMILES string of the molecule is CCCOc1ncnc(SCCS(C)(=O)=O)c1N. The lowest BCUT2D eigenvalue weighted by molar-refractivity contribution is 0.305. The molecule has 1 aromatic heterocycles. The lowest BCUT2D eigenvalue weighted by Crippen LogP contribution is -2.07. The van der Waals surface area contributed by atoms with E-state index in [1.807, 2.05) is 6.92 Å². The first-order valence-electron chi connectivity index (χ1n) is 5.48. The van der Waals surface area contributed by atoms with E-state index in [1.54, 1.807) is 0 Å². The summed E-state index contributed by atoms with van der Waals surface area (Å²) >= 11 is 1.29. The number of thioether (sulfide) groups is 1. The fraction of sp³-hybridized carbons (Fsp3) is 0.600. The molecule has 0 aliphatic heterocycles. The van der Waals surface area contributed by atoms with Crippen LogP contribution in [0, 0.1) is 0 Å². The van der Waals surface area contributed by atoms with Crippen LogP contribution in [0.15, 0.2) is 11.4 Å². The summed E-state index contributed by atoms with van der Waals surface area (Å²) in [6.45, 7) is 2.52. The van der Waals surface area contributed by atoms with Gasteiger partial charge >= 0.3 is 0 Å². The van der Waals surface area contributed by atoms with Crippen LogP contribution in [0.25, 0.3) is 0 Å². The molecule has 0 atom stereocenters. The van der Waals surface area contributed by atoms with E-state index >= 15 is 0 Å². The number of sulfone groups is 1. The Morgan fingerprint density at radius 2 is 2.17 bits per heavy atom. The van der Waals surface area contributed by atoms with Gasteiger partial charge in [-0.25, -0.2) is 13.4 Å². The zero-order chi connectivity index (χ0) is 13.6. The molecule has 8 heteroatoms. The van der Waals surface area contributed by atoms with E-state index in [-0.39, 0.29) is 5.75 Å². The summed E-state index contributed by atoms with van der Waals surface area (Å²) < 4.78 is 27.4. The molecule has 0 spiro atoms. The predicted octanol–water partition coefficient (Wildman–Crippen LogP) is 0.984. The van der Waals surface area contributed by atoms with E-state index in [0.717, 1.165) is 6.42 Å². The van der Waals surface area contributed by atoms with Crippen LogP contribution < -0.4 is 10.5 Å². The van der Waals surface area contributed by atoms with Gasteiger partial charge in [0.2, 0.25) is 5.88 Å². The van der Waals surface area contributed by atoms with Crippen molar-refractivity contribution in [2.24, 2.45) is 0 Å². The fourth-order valence-corrected chi connectivity index (χ4v) is 3.18. The lowest BCUT2D eigenvalue weighted by Gasteiger charge is -2.09. The van der Waals surface area contributed by atoms with Gasteiger partial charge in [-0.05, 0) is 6.42 Å². The van der Waals surface area contributed by atoms with Crippen LogP contribution in [0.4, 0.5) is 5.69 Å². The quantitative estimate of drug-likeness (QED) is 0.591. The van der Waals surface area contributed by atoms with Crippen molar-refractivity contribution in [2.45, 2.75) is 18.4 Å². The van der Waals surface area contributed by atoms with Crippen LogP contribution in [-0.4, -0.2) is 42.8 Å². The second-order valence-electron chi connectivity index (χ2n) is 3.72. The highest BCUT2D eigenvalue weighted by atomic mass is 32.2. The maximum absolute atomic E-state index is 11.0. The Morgan fingerprint density at radius 1 is 1.44 bits per heavy atom. The van der Waals surface area contributed by atoms with E-state index in [1.165, 1.54) is 24.3 Å². The van der Waals surface area contributed by atoms with Gasteiger partial charge in [0.05, 0.1) is 12.4 Å². The van der Waals surface area contributed by atoms with E-state index in [4.69, 9.17) is 10.5 Å². The van der Waals surface area contributed by atoms with Gasteiger partial charge in [0.25, 0.3) is 0 Å². The smallest absolute Gasteiger partial charge is 0.241 e. The van der Waals surface area contributed by atoms with Gasteiger partial charge in [-0.1, -0.05) is 6.92 Å². The molecule has 18 heavy (non-hydrogen) atoms. The van der Waals surface area contributed by atoms with Crippen LogP contribution in [0.5, 0.6) is 5.88 Å². The second-order valence-corrected chi connectivity index (χ2v) is 7.07. The zero-order valence-electron chi connectivity index (χ0n) is 10.4. The van der Waals surface area contributed by atoms with Crippen molar-refractivity contribution in [2.75, 3.05) is 30.1 Å². The third-order valence-corrected chi connectivity index (χ3v) is 4.16. The van der Waals surface area contributed by atoms with Gasteiger partial charge in [0.1, 0.15) is 26.9 Å². The van der Waals surface area contributed by atoms with E-state index in [2.05, 4.69) is 9.97 Å². The molecule has 0 aromatic carbocycles. The Hall–Kier alpha value is -1.02. The Morgan fingerprint density at radius 3 is 2.78 bits per heavy atom. The molecule has 0 saturated carbocycles. The second kappa shape index (κ2) is 6.79. The van der Waals surface area contributed by atoms with Crippen molar-refractivity contribution < 1.29 is 13.2 Å². The summed E-state index contributed by atoms with van der Waals surface area (Å²) in [5.74, 6) is 0.855. The molecule has 0 aliphatic rings. The Labute approximate surface area is 111 Å². The summed E-state index contributed by atoms with van der Waals surface area (Å²) in [4.78, 5) is 7.96. The molecule has 6 nitrogen and oxygen atoms in total. The van der Waals surface area contributed by atoms with Crippen molar-refractivity contribution in [3.8, 4) is 5.88 Å². The largest absolute Gasteiger partial charge is 0.476 e. The standard InChI is InChI=1S/C10H17N3O3S2/c1-3-4-16-9-8(11)10(13-7-12-9)17-5-6-18(2,14)15/h7H,3-6,11H2,1-2H3. The number of hydrogen-bond donors (Lipinski definition) is 1. The Kier molecular flexibility index (Phi) is 5.67. The third-order valence-electron chi connectivity index (χ3n) is 1.95. The van der Waals surface area contributed by atoms with Gasteiger partial charge in [0, 0.05) is 12.0 Å². The minimum Gasteiger partial charge on any atom is -0.476 e. The van der Waals surface area contributed by atoms with Crippen molar-refractivity contribution in [3.63, 3.8) is 0 Å². The predicted molar refractivity (Wildman–Crippen MR) is 72.7 cm³/mol. The average Bonchev–Trinajstić information content (AvgIpc) is 2.28. The number of rotatable bonds is 7. The minimum absolute atomic E-state index is 0.0895. The maximum atomic E-state index is 11.0. The summed E-state index contributed by atoms with van der Waals surface area (Å²) in [5, 5.41) is 0.555. The maximum Gasteiger partial charge on any atom is 0.241 e. The normalized spacial score (nSPS) is 11.4. The number of aromatic nitrogens is 2. The van der Waals surface area contributed by atoms with Crippen molar-refractivity contribution in [1.29, 1.82) is 0 Å². The van der Waals surface area contributed by atoms with Crippen LogP contribution in [0.2, 0.25) is 0 Å². The summed E-state index contributed by atoms with van der Waals surface area (Å²) in [7, 11) is -2.97. The van der Waals surface area contributed by atoms with Crippen molar-refractivity contribution in [1.82, 2.24) is 9.97 Å². The first-order chi connectivity index (χ1) is 8.44. The monoisotopic (exact) mass is 291 g/mol. The van der Waals surface area contributed by atoms with Gasteiger partial charge in [-0.2, -0.15) is 4.98 Å². The zero-order valence-corrected chi connectivity index (χ0v) is 12.1. The van der Waals surface area contributed by atoms with Crippen molar-refractivity contribution in [3.05, 3.63) is 6.33 Å². The molecule has 1 aromatic rings. The Bertz CT molecular complexity index is 491. The molecule has 0 unspecified atom stereocenters. The van der Waals surface area contributed by atoms with E-state index in [9.17, 15) is 8.42 Å².